The van der Waals surface area contributed by atoms with Gasteiger partial charge in [-0.3, -0.25) is 10.5 Å². The second kappa shape index (κ2) is 2.80. The van der Waals surface area contributed by atoms with Crippen LogP contribution in [0.3, 0.4) is 0 Å². The molecule has 0 aromatic carbocycles. The van der Waals surface area contributed by atoms with E-state index in [4.69, 9.17) is 10.8 Å². The molecule has 0 saturated carbocycles. The molecule has 0 bridgehead atoms. The van der Waals surface area contributed by atoms with Crippen molar-refractivity contribution in [1.29, 1.82) is 0 Å². The van der Waals surface area contributed by atoms with Gasteiger partial charge < -0.3 is 10.4 Å². The van der Waals surface area contributed by atoms with E-state index >= 15 is 0 Å². The van der Waals surface area contributed by atoms with Gasteiger partial charge >= 0.3 is 0 Å². The summed E-state index contributed by atoms with van der Waals surface area (Å²) in [6.45, 7) is 3.47. The van der Waals surface area contributed by atoms with E-state index in [-0.39, 0.29) is 0 Å². The number of rotatable bonds is 2. The minimum absolute atomic E-state index is 0.478. The van der Waals surface area contributed by atoms with Crippen molar-refractivity contribution in [2.24, 2.45) is 5.73 Å². The summed E-state index contributed by atoms with van der Waals surface area (Å²) in [5.41, 5.74) is 3.27. The van der Waals surface area contributed by atoms with Gasteiger partial charge in [-0.25, -0.2) is 0 Å². The van der Waals surface area contributed by atoms with E-state index in [1.54, 1.807) is 6.92 Å². The number of carbonyl (C=O) groups is 1. The van der Waals surface area contributed by atoms with E-state index in [1.807, 2.05) is 0 Å². The summed E-state index contributed by atoms with van der Waals surface area (Å²) in [5, 5.41) is 11.2. The molecule has 0 radical (unpaired) electrons. The smallest absolute Gasteiger partial charge is 0.266 e. The van der Waals surface area contributed by atoms with E-state index in [1.165, 1.54) is 6.92 Å². The largest absolute Gasteiger partial charge is 0.368 e. The number of nitrogens with two attached hydrogens (primary N) is 1. The molecule has 0 aromatic heterocycles. The zero-order chi connectivity index (χ0) is 7.49. The van der Waals surface area contributed by atoms with Crippen molar-refractivity contribution in [3.63, 3.8) is 0 Å². The van der Waals surface area contributed by atoms with Crippen LogP contribution in [-0.2, 0) is 4.79 Å². The quantitative estimate of drug-likeness (QED) is 0.413. The number of aliphatic hydroxyl groups is 1. The molecule has 0 saturated heterocycles. The Kier molecular flexibility index (Phi) is 2.61. The first-order valence-corrected chi connectivity index (χ1v) is 2.78. The van der Waals surface area contributed by atoms with E-state index in [0.717, 1.165) is 0 Å². The van der Waals surface area contributed by atoms with Crippen LogP contribution in [0.5, 0.6) is 0 Å². The topological polar surface area (TPSA) is 75.4 Å². The van der Waals surface area contributed by atoms with Crippen LogP contribution in [0.4, 0.5) is 0 Å². The molecule has 4 nitrogen and oxygen atoms in total. The molecule has 0 aliphatic rings. The van der Waals surface area contributed by atoms with Gasteiger partial charge in [0.2, 0.25) is 0 Å². The lowest BCUT2D eigenvalue weighted by Gasteiger charge is -2.14. The second-order valence-electron chi connectivity index (χ2n) is 2.01. The van der Waals surface area contributed by atoms with Gasteiger partial charge in [0.1, 0.15) is 0 Å². The van der Waals surface area contributed by atoms with Crippen LogP contribution in [0, 0.1) is 0 Å². The molecule has 0 aliphatic carbocycles. The predicted molar refractivity (Wildman–Crippen MR) is 33.5 cm³/mol. The Bertz CT molecular complexity index is 106. The summed E-state index contributed by atoms with van der Waals surface area (Å²) in [6.07, 6.45) is 0. The van der Waals surface area contributed by atoms with Crippen molar-refractivity contribution in [3.05, 3.63) is 0 Å². The van der Waals surface area contributed by atoms with Gasteiger partial charge in [-0.05, 0) is 13.8 Å². The summed E-state index contributed by atoms with van der Waals surface area (Å²) in [6, 6.07) is 0. The molecule has 0 spiro atoms. The first kappa shape index (κ1) is 8.39. The summed E-state index contributed by atoms with van der Waals surface area (Å²) in [5.74, 6) is -0.551. The monoisotopic (exact) mass is 132 g/mol. The average molecular weight is 132 g/mol. The molecule has 4 heteroatoms. The molecule has 1 amide bonds. The van der Waals surface area contributed by atoms with Crippen LogP contribution in [0.1, 0.15) is 13.8 Å². The lowest BCUT2D eigenvalue weighted by molar-refractivity contribution is -0.137. The van der Waals surface area contributed by atoms with Crippen LogP contribution in [0.25, 0.3) is 0 Å². The van der Waals surface area contributed by atoms with Crippen molar-refractivity contribution in [3.8, 4) is 0 Å². The molecule has 0 fully saturated rings. The Morgan fingerprint density at radius 2 is 2.33 bits per heavy atom. The first-order chi connectivity index (χ1) is 3.98. The highest BCUT2D eigenvalue weighted by atomic mass is 16.3. The van der Waals surface area contributed by atoms with E-state index in [2.05, 4.69) is 5.32 Å². The number of amides is 1. The van der Waals surface area contributed by atoms with Gasteiger partial charge in [-0.2, -0.15) is 0 Å². The van der Waals surface area contributed by atoms with Crippen LogP contribution in [0.15, 0.2) is 0 Å². The normalized spacial score (nSPS) is 16.4. The van der Waals surface area contributed by atoms with Crippen LogP contribution in [-0.4, -0.2) is 23.3 Å². The molecule has 0 rings (SSSR count). The Morgan fingerprint density at radius 1 is 1.89 bits per heavy atom. The van der Waals surface area contributed by atoms with Gasteiger partial charge in [0.15, 0.2) is 5.72 Å². The number of nitrogens with one attached hydrogen (secondary N) is 1. The predicted octanol–water partition coefficient (Wildman–Crippen LogP) is -1.21. The Morgan fingerprint density at radius 3 is 2.44 bits per heavy atom. The van der Waals surface area contributed by atoms with Crippen molar-refractivity contribution < 1.29 is 9.90 Å². The van der Waals surface area contributed by atoms with E-state index in [9.17, 15) is 4.79 Å². The third-order valence-corrected chi connectivity index (χ3v) is 0.797. The summed E-state index contributed by atoms with van der Waals surface area (Å²) in [4.78, 5) is 10.6. The Balaban J connectivity index is 3.74. The zero-order valence-electron chi connectivity index (χ0n) is 5.64. The highest BCUT2D eigenvalue weighted by Gasteiger charge is 2.22. The number of hydrogen-bond donors (Lipinski definition) is 3. The molecule has 1 atom stereocenters. The van der Waals surface area contributed by atoms with Crippen molar-refractivity contribution in [2.45, 2.75) is 19.6 Å². The summed E-state index contributed by atoms with van der Waals surface area (Å²) in [7, 11) is 0. The fourth-order valence-corrected chi connectivity index (χ4v) is 0.340. The zero-order valence-corrected chi connectivity index (χ0v) is 5.64. The number of hydrogen-bond acceptors (Lipinski definition) is 3. The van der Waals surface area contributed by atoms with E-state index in [0.29, 0.717) is 6.54 Å². The third kappa shape index (κ3) is 3.05. The van der Waals surface area contributed by atoms with Gasteiger partial charge in [-0.1, -0.05) is 0 Å². The highest BCUT2D eigenvalue weighted by Crippen LogP contribution is 1.89. The molecule has 1 unspecified atom stereocenters. The fraction of sp³-hybridized carbons (Fsp3) is 0.800. The van der Waals surface area contributed by atoms with Crippen molar-refractivity contribution in [1.82, 2.24) is 5.32 Å². The van der Waals surface area contributed by atoms with Gasteiger partial charge in [0, 0.05) is 6.54 Å². The number of carbonyl (C=O) groups excluding carboxylic acids is 1. The molecule has 4 N–H and O–H groups in total. The minimum Gasteiger partial charge on any atom is -0.368 e. The molecule has 0 aromatic rings. The van der Waals surface area contributed by atoms with Crippen molar-refractivity contribution >= 4 is 5.91 Å². The van der Waals surface area contributed by atoms with Gasteiger partial charge in [0.05, 0.1) is 0 Å². The second-order valence-corrected chi connectivity index (χ2v) is 2.01. The van der Waals surface area contributed by atoms with Crippen LogP contribution in [0.2, 0.25) is 0 Å². The molecule has 0 aliphatic heterocycles. The standard InChI is InChI=1S/C5H12N2O2/c1-3-7-4(8)5(2,6)9/h9H,3,6H2,1-2H3,(H,7,8). The highest BCUT2D eigenvalue weighted by molar-refractivity contribution is 5.83. The maximum absolute atomic E-state index is 10.6. The van der Waals surface area contributed by atoms with Crippen molar-refractivity contribution in [2.75, 3.05) is 6.54 Å². The van der Waals surface area contributed by atoms with Crippen LogP contribution >= 0.6 is 0 Å². The third-order valence-electron chi connectivity index (χ3n) is 0.797. The molecule has 9 heavy (non-hydrogen) atoms. The Labute approximate surface area is 54.0 Å². The molecule has 54 valence electrons. The lowest BCUT2D eigenvalue weighted by Crippen LogP contribution is -2.51. The van der Waals surface area contributed by atoms with Gasteiger partial charge in [-0.15, -0.1) is 0 Å². The van der Waals surface area contributed by atoms with E-state index < -0.39 is 11.6 Å². The fourth-order valence-electron chi connectivity index (χ4n) is 0.340. The summed E-state index contributed by atoms with van der Waals surface area (Å²) < 4.78 is 0. The molecular weight excluding hydrogens is 120 g/mol. The average Bonchev–Trinajstić information content (AvgIpc) is 1.64. The van der Waals surface area contributed by atoms with Crippen LogP contribution < -0.4 is 11.1 Å². The first-order valence-electron chi connectivity index (χ1n) is 2.78. The lowest BCUT2D eigenvalue weighted by atomic mass is 10.3. The minimum atomic E-state index is -1.74. The van der Waals surface area contributed by atoms with Gasteiger partial charge in [0.25, 0.3) is 5.91 Å². The molecule has 0 heterocycles. The summed E-state index contributed by atoms with van der Waals surface area (Å²) >= 11 is 0. The molecular formula is C5H12N2O2. The maximum Gasteiger partial charge on any atom is 0.266 e. The number of likely N-dealkylation sites (N-methyl/N-ethyl adjacent to an activating group) is 1. The Hall–Kier alpha value is -0.610. The SMILES string of the molecule is CCNC(=O)C(C)(N)O. The maximum atomic E-state index is 10.6.